The average molecular weight is 371 g/mol. The second-order valence-corrected chi connectivity index (χ2v) is 6.44. The molecule has 0 spiro atoms. The first-order chi connectivity index (χ1) is 13.0. The minimum absolute atomic E-state index is 0.00318. The fourth-order valence-electron chi connectivity index (χ4n) is 3.29. The highest BCUT2D eigenvalue weighted by atomic mass is 16.6. The van der Waals surface area contributed by atoms with Crippen molar-refractivity contribution in [1.82, 2.24) is 4.98 Å². The van der Waals surface area contributed by atoms with Crippen LogP contribution >= 0.6 is 0 Å². The summed E-state index contributed by atoms with van der Waals surface area (Å²) < 4.78 is 10.5. The molecule has 1 saturated heterocycles. The maximum atomic E-state index is 13.3. The Morgan fingerprint density at radius 3 is 2.44 bits per heavy atom. The molecule has 8 heteroatoms. The Labute approximate surface area is 156 Å². The number of hydrogen-bond acceptors (Lipinski definition) is 6. The molecule has 0 atom stereocenters. The highest BCUT2D eigenvalue weighted by Gasteiger charge is 2.42. The van der Waals surface area contributed by atoms with Gasteiger partial charge in [-0.25, -0.2) is 4.98 Å². The van der Waals surface area contributed by atoms with Crippen molar-refractivity contribution < 1.29 is 19.2 Å². The monoisotopic (exact) mass is 371 g/mol. The van der Waals surface area contributed by atoms with E-state index in [0.717, 1.165) is 5.56 Å². The molecule has 0 saturated carbocycles. The lowest BCUT2D eigenvalue weighted by Crippen LogP contribution is -2.45. The van der Waals surface area contributed by atoms with E-state index in [1.165, 1.54) is 19.2 Å². The maximum absolute atomic E-state index is 13.3. The minimum Gasteiger partial charge on any atom is -0.481 e. The van der Waals surface area contributed by atoms with Crippen LogP contribution in [0.2, 0.25) is 0 Å². The van der Waals surface area contributed by atoms with Crippen molar-refractivity contribution in [2.24, 2.45) is 0 Å². The van der Waals surface area contributed by atoms with Gasteiger partial charge in [-0.1, -0.05) is 12.1 Å². The largest absolute Gasteiger partial charge is 0.481 e. The van der Waals surface area contributed by atoms with Gasteiger partial charge >= 0.3 is 0 Å². The molecule has 27 heavy (non-hydrogen) atoms. The first-order valence-electron chi connectivity index (χ1n) is 8.62. The van der Waals surface area contributed by atoms with Gasteiger partial charge in [0, 0.05) is 31.4 Å². The molecular weight excluding hydrogens is 350 g/mol. The maximum Gasteiger partial charge on any atom is 0.269 e. The summed E-state index contributed by atoms with van der Waals surface area (Å²) in [6.45, 7) is 2.69. The van der Waals surface area contributed by atoms with E-state index in [1.807, 2.05) is 0 Å². The number of hydrogen-bond donors (Lipinski definition) is 1. The molecular formula is C19H21N3O5. The van der Waals surface area contributed by atoms with Crippen LogP contribution in [0.5, 0.6) is 5.88 Å². The third kappa shape index (κ3) is 3.75. The zero-order valence-corrected chi connectivity index (χ0v) is 15.2. The molecule has 1 fully saturated rings. The van der Waals surface area contributed by atoms with Gasteiger partial charge in [0.1, 0.15) is 0 Å². The van der Waals surface area contributed by atoms with Crippen LogP contribution in [0.25, 0.3) is 0 Å². The molecule has 1 aliphatic heterocycles. The number of pyridine rings is 1. The summed E-state index contributed by atoms with van der Waals surface area (Å²) in [6, 6.07) is 9.61. The van der Waals surface area contributed by atoms with Crippen molar-refractivity contribution in [1.29, 1.82) is 0 Å². The average Bonchev–Trinajstić information content (AvgIpc) is 2.70. The summed E-state index contributed by atoms with van der Waals surface area (Å²) >= 11 is 0. The van der Waals surface area contributed by atoms with Crippen LogP contribution in [-0.4, -0.2) is 36.1 Å². The minimum atomic E-state index is -0.806. The summed E-state index contributed by atoms with van der Waals surface area (Å²) in [7, 11) is 1.53. The van der Waals surface area contributed by atoms with Crippen LogP contribution in [-0.2, 0) is 14.9 Å². The number of nitrogens with one attached hydrogen (secondary N) is 1. The second kappa shape index (κ2) is 7.71. The van der Waals surface area contributed by atoms with E-state index < -0.39 is 10.3 Å². The number of rotatable bonds is 5. The Bertz CT molecular complexity index is 845. The fourth-order valence-corrected chi connectivity index (χ4v) is 3.29. The number of amides is 1. The van der Waals surface area contributed by atoms with Gasteiger partial charge in [-0.15, -0.1) is 0 Å². The smallest absolute Gasteiger partial charge is 0.269 e. The highest BCUT2D eigenvalue weighted by Crippen LogP contribution is 2.37. The number of aryl methyl sites for hydroxylation is 1. The molecule has 3 rings (SSSR count). The number of carbonyl (C=O) groups excluding carboxylic acids is 1. The van der Waals surface area contributed by atoms with E-state index in [-0.39, 0.29) is 11.6 Å². The van der Waals surface area contributed by atoms with Gasteiger partial charge in [0.05, 0.1) is 28.8 Å². The Balaban J connectivity index is 1.92. The molecule has 0 unspecified atom stereocenters. The molecule has 1 amide bonds. The Hall–Kier alpha value is -3.00. The summed E-state index contributed by atoms with van der Waals surface area (Å²) in [5.41, 5.74) is 1.19. The summed E-state index contributed by atoms with van der Waals surface area (Å²) in [6.07, 6.45) is 0.999. The number of benzene rings is 1. The third-order valence-electron chi connectivity index (χ3n) is 4.93. The van der Waals surface area contributed by atoms with Crippen molar-refractivity contribution in [2.75, 3.05) is 25.6 Å². The van der Waals surface area contributed by atoms with Gasteiger partial charge in [0.25, 0.3) is 5.69 Å². The van der Waals surface area contributed by atoms with Gasteiger partial charge in [-0.05, 0) is 31.4 Å². The third-order valence-corrected chi connectivity index (χ3v) is 4.93. The highest BCUT2D eigenvalue weighted by molar-refractivity contribution is 5.99. The molecule has 0 bridgehead atoms. The first-order valence-corrected chi connectivity index (χ1v) is 8.62. The van der Waals surface area contributed by atoms with Crippen LogP contribution < -0.4 is 10.1 Å². The molecule has 1 aromatic carbocycles. The lowest BCUT2D eigenvalue weighted by molar-refractivity contribution is -0.384. The van der Waals surface area contributed by atoms with Crippen LogP contribution in [0.1, 0.15) is 24.1 Å². The topological polar surface area (TPSA) is 104 Å². The number of non-ortho nitro benzene ring substituents is 1. The van der Waals surface area contributed by atoms with Gasteiger partial charge in [0.15, 0.2) is 0 Å². The number of methoxy groups -OCH3 is 1. The molecule has 1 aliphatic rings. The molecule has 0 aliphatic carbocycles. The van der Waals surface area contributed by atoms with E-state index in [0.29, 0.717) is 43.3 Å². The lowest BCUT2D eigenvalue weighted by Gasteiger charge is -2.36. The van der Waals surface area contributed by atoms with Gasteiger partial charge in [-0.3, -0.25) is 14.9 Å². The van der Waals surface area contributed by atoms with Crippen molar-refractivity contribution in [2.45, 2.75) is 25.2 Å². The second-order valence-electron chi connectivity index (χ2n) is 6.44. The van der Waals surface area contributed by atoms with Crippen molar-refractivity contribution in [3.8, 4) is 5.88 Å². The van der Waals surface area contributed by atoms with Crippen molar-refractivity contribution in [3.63, 3.8) is 0 Å². The zero-order valence-electron chi connectivity index (χ0n) is 15.2. The van der Waals surface area contributed by atoms with E-state index in [1.54, 1.807) is 31.2 Å². The lowest BCUT2D eigenvalue weighted by atomic mass is 9.73. The zero-order chi connectivity index (χ0) is 19.4. The Morgan fingerprint density at radius 1 is 1.22 bits per heavy atom. The molecule has 0 radical (unpaired) electrons. The van der Waals surface area contributed by atoms with Gasteiger partial charge in [0.2, 0.25) is 11.8 Å². The van der Waals surface area contributed by atoms with Gasteiger partial charge < -0.3 is 14.8 Å². The normalized spacial score (nSPS) is 15.8. The summed E-state index contributed by atoms with van der Waals surface area (Å²) in [5.74, 6) is 0.302. The number of nitrogens with zero attached hydrogens (tertiary/aromatic N) is 2. The van der Waals surface area contributed by atoms with Crippen LogP contribution in [0.4, 0.5) is 11.4 Å². The SMILES string of the molecule is COc1ccc(NC(=O)C2(c3ccc([N+](=O)[O-])cc3)CCOCC2)c(C)n1. The van der Waals surface area contributed by atoms with Crippen molar-refractivity contribution >= 4 is 17.3 Å². The Kier molecular flexibility index (Phi) is 5.36. The van der Waals surface area contributed by atoms with E-state index in [9.17, 15) is 14.9 Å². The molecule has 142 valence electrons. The molecule has 1 N–H and O–H groups in total. The number of ether oxygens (including phenoxy) is 2. The van der Waals surface area contributed by atoms with Crippen LogP contribution in [0, 0.1) is 17.0 Å². The van der Waals surface area contributed by atoms with E-state index >= 15 is 0 Å². The van der Waals surface area contributed by atoms with Crippen LogP contribution in [0.3, 0.4) is 0 Å². The fraction of sp³-hybridized carbons (Fsp3) is 0.368. The number of carbonyl (C=O) groups is 1. The van der Waals surface area contributed by atoms with Crippen LogP contribution in [0.15, 0.2) is 36.4 Å². The summed E-state index contributed by atoms with van der Waals surface area (Å²) in [4.78, 5) is 28.0. The van der Waals surface area contributed by atoms with E-state index in [2.05, 4.69) is 10.3 Å². The predicted molar refractivity (Wildman–Crippen MR) is 99.0 cm³/mol. The number of nitro benzene ring substituents is 1. The quantitative estimate of drug-likeness (QED) is 0.640. The molecule has 1 aromatic heterocycles. The Morgan fingerprint density at radius 2 is 1.89 bits per heavy atom. The molecule has 8 nitrogen and oxygen atoms in total. The number of aromatic nitrogens is 1. The molecule has 2 aromatic rings. The van der Waals surface area contributed by atoms with E-state index in [4.69, 9.17) is 9.47 Å². The number of anilines is 1. The molecule has 2 heterocycles. The summed E-state index contributed by atoms with van der Waals surface area (Å²) in [5, 5.41) is 13.9. The van der Waals surface area contributed by atoms with Crippen molar-refractivity contribution in [3.05, 3.63) is 57.8 Å². The standard InChI is InChI=1S/C19H21N3O5/c1-13-16(7-8-17(20-13)26-2)21-18(23)19(9-11-27-12-10-19)14-3-5-15(6-4-14)22(24)25/h3-8H,9-12H2,1-2H3,(H,21,23). The number of nitro groups is 1. The predicted octanol–water partition coefficient (Wildman–Crippen LogP) is 2.99. The first kappa shape index (κ1) is 18.8. The van der Waals surface area contributed by atoms with Gasteiger partial charge in [-0.2, -0.15) is 0 Å².